The van der Waals surface area contributed by atoms with E-state index in [-0.39, 0.29) is 0 Å². The average molecular weight is 257 g/mol. The molecule has 0 amide bonds. The summed E-state index contributed by atoms with van der Waals surface area (Å²) in [5.41, 5.74) is 5.38. The molecule has 0 saturated carbocycles. The van der Waals surface area contributed by atoms with Crippen molar-refractivity contribution in [3.8, 4) is 11.1 Å². The van der Waals surface area contributed by atoms with E-state index in [1.165, 1.54) is 21.9 Å². The second-order valence-corrected chi connectivity index (χ2v) is 5.09. The maximum Gasteiger partial charge on any atom is 0.190 e. The summed E-state index contributed by atoms with van der Waals surface area (Å²) in [7, 11) is 0. The van der Waals surface area contributed by atoms with Crippen molar-refractivity contribution < 1.29 is 0 Å². The summed E-state index contributed by atoms with van der Waals surface area (Å²) in [6.45, 7) is 11.3. The van der Waals surface area contributed by atoms with Gasteiger partial charge in [-0.15, -0.1) is 0 Å². The molecule has 0 aliphatic heterocycles. The topological polar surface area (TPSA) is 4.36 Å². The highest BCUT2D eigenvalue weighted by Gasteiger charge is 2.09. The molecule has 0 radical (unpaired) electrons. The third-order valence-corrected chi connectivity index (χ3v) is 3.74. The summed E-state index contributed by atoms with van der Waals surface area (Å²) in [6.07, 6.45) is 0. The van der Waals surface area contributed by atoms with E-state index >= 15 is 0 Å². The molecule has 0 aliphatic rings. The Morgan fingerprint density at radius 1 is 0.800 bits per heavy atom. The third-order valence-electron chi connectivity index (χ3n) is 3.74. The zero-order valence-corrected chi connectivity index (χ0v) is 11.6. The zero-order chi connectivity index (χ0) is 14.1. The molecule has 0 fully saturated rings. The lowest BCUT2D eigenvalue weighted by Gasteiger charge is -2.12. The van der Waals surface area contributed by atoms with Crippen molar-refractivity contribution in [3.05, 3.63) is 77.1 Å². The van der Waals surface area contributed by atoms with E-state index < -0.39 is 0 Å². The Morgan fingerprint density at radius 2 is 1.55 bits per heavy atom. The fraction of sp³-hybridized carbons (Fsp3) is 0.105. The second kappa shape index (κ2) is 4.83. The molecular formula is C19H15N. The van der Waals surface area contributed by atoms with E-state index in [0.717, 1.165) is 16.8 Å². The van der Waals surface area contributed by atoms with Crippen LogP contribution in [-0.4, -0.2) is 0 Å². The summed E-state index contributed by atoms with van der Waals surface area (Å²) < 4.78 is 0. The minimum atomic E-state index is 0.742. The lowest BCUT2D eigenvalue weighted by Crippen LogP contribution is -1.87. The lowest BCUT2D eigenvalue weighted by molar-refractivity contribution is 1.41. The van der Waals surface area contributed by atoms with Gasteiger partial charge in [-0.2, -0.15) is 0 Å². The molecular weight excluding hydrogens is 242 g/mol. The summed E-state index contributed by atoms with van der Waals surface area (Å²) >= 11 is 0. The molecule has 0 bridgehead atoms. The van der Waals surface area contributed by atoms with Gasteiger partial charge in [0.05, 0.1) is 6.57 Å². The van der Waals surface area contributed by atoms with Crippen molar-refractivity contribution in [2.45, 2.75) is 13.8 Å². The number of aryl methyl sites for hydroxylation is 2. The first kappa shape index (κ1) is 12.4. The van der Waals surface area contributed by atoms with Crippen LogP contribution in [0.3, 0.4) is 0 Å². The van der Waals surface area contributed by atoms with Crippen LogP contribution in [0.25, 0.3) is 26.7 Å². The monoisotopic (exact) mass is 257 g/mol. The van der Waals surface area contributed by atoms with E-state index in [2.05, 4.69) is 60.3 Å². The largest absolute Gasteiger partial charge is 0.238 e. The zero-order valence-electron chi connectivity index (χ0n) is 11.6. The average Bonchev–Trinajstić information content (AvgIpc) is 2.48. The second-order valence-electron chi connectivity index (χ2n) is 5.09. The summed E-state index contributed by atoms with van der Waals surface area (Å²) in [4.78, 5) is 3.58. The maximum atomic E-state index is 7.21. The maximum absolute atomic E-state index is 7.21. The van der Waals surface area contributed by atoms with E-state index in [9.17, 15) is 0 Å². The van der Waals surface area contributed by atoms with Gasteiger partial charge in [0.1, 0.15) is 0 Å². The number of benzene rings is 3. The van der Waals surface area contributed by atoms with Crippen molar-refractivity contribution >= 4 is 16.5 Å². The van der Waals surface area contributed by atoms with Crippen molar-refractivity contribution in [1.82, 2.24) is 0 Å². The fourth-order valence-corrected chi connectivity index (χ4v) is 2.67. The molecule has 1 nitrogen and oxygen atoms in total. The molecule has 0 saturated heterocycles. The van der Waals surface area contributed by atoms with Gasteiger partial charge in [-0.25, -0.2) is 4.85 Å². The molecule has 0 aromatic heterocycles. The molecule has 0 unspecified atom stereocenters. The number of nitrogens with zero attached hydrogens (tertiary/aromatic N) is 1. The van der Waals surface area contributed by atoms with Crippen LogP contribution in [0.15, 0.2) is 54.6 Å². The van der Waals surface area contributed by atoms with Gasteiger partial charge in [0, 0.05) is 0 Å². The Bertz CT molecular complexity index is 833. The molecule has 1 heteroatoms. The predicted octanol–water partition coefficient (Wildman–Crippen LogP) is 5.67. The van der Waals surface area contributed by atoms with Crippen LogP contribution in [0.2, 0.25) is 0 Å². The first-order valence-corrected chi connectivity index (χ1v) is 6.67. The number of rotatable bonds is 1. The summed E-state index contributed by atoms with van der Waals surface area (Å²) in [5, 5.41) is 2.50. The Kier molecular flexibility index (Phi) is 3.00. The van der Waals surface area contributed by atoms with Crippen LogP contribution in [0.1, 0.15) is 11.1 Å². The van der Waals surface area contributed by atoms with Gasteiger partial charge in [0.2, 0.25) is 0 Å². The Labute approximate surface area is 119 Å². The van der Waals surface area contributed by atoms with Gasteiger partial charge in [0.25, 0.3) is 0 Å². The molecule has 0 spiro atoms. The molecule has 96 valence electrons. The molecule has 0 N–H and O–H groups in total. The van der Waals surface area contributed by atoms with Crippen molar-refractivity contribution in [1.29, 1.82) is 0 Å². The smallest absolute Gasteiger partial charge is 0.190 e. The van der Waals surface area contributed by atoms with Crippen LogP contribution in [-0.2, 0) is 0 Å². The number of hydrogen-bond donors (Lipinski definition) is 0. The predicted molar refractivity (Wildman–Crippen MR) is 85.1 cm³/mol. The standard InChI is InChI=1S/C19H15N/c1-13-12-19(20-3)14(2)11-18(13)17-10-6-8-15-7-4-5-9-16(15)17/h4-12H,1-2H3. The van der Waals surface area contributed by atoms with Gasteiger partial charge in [-0.1, -0.05) is 60.2 Å². The minimum Gasteiger partial charge on any atom is -0.238 e. The van der Waals surface area contributed by atoms with Gasteiger partial charge < -0.3 is 0 Å². The van der Waals surface area contributed by atoms with Gasteiger partial charge in [-0.05, 0) is 41.3 Å². The van der Waals surface area contributed by atoms with Crippen LogP contribution in [0.4, 0.5) is 5.69 Å². The summed E-state index contributed by atoms with van der Waals surface area (Å²) in [6, 6.07) is 18.9. The molecule has 20 heavy (non-hydrogen) atoms. The van der Waals surface area contributed by atoms with Crippen molar-refractivity contribution in [2.75, 3.05) is 0 Å². The van der Waals surface area contributed by atoms with Crippen molar-refractivity contribution in [2.24, 2.45) is 0 Å². The Morgan fingerprint density at radius 3 is 2.35 bits per heavy atom. The van der Waals surface area contributed by atoms with E-state index in [1.54, 1.807) is 0 Å². The van der Waals surface area contributed by atoms with Gasteiger partial charge in [0.15, 0.2) is 5.69 Å². The first-order chi connectivity index (χ1) is 9.70. The van der Waals surface area contributed by atoms with E-state index in [0.29, 0.717) is 0 Å². The van der Waals surface area contributed by atoms with Crippen molar-refractivity contribution in [3.63, 3.8) is 0 Å². The van der Waals surface area contributed by atoms with E-state index in [4.69, 9.17) is 6.57 Å². The van der Waals surface area contributed by atoms with Crippen LogP contribution >= 0.6 is 0 Å². The lowest BCUT2D eigenvalue weighted by atomic mass is 9.93. The molecule has 0 atom stereocenters. The molecule has 0 heterocycles. The van der Waals surface area contributed by atoms with E-state index in [1.807, 2.05) is 13.0 Å². The molecule has 0 aliphatic carbocycles. The highest BCUT2D eigenvalue weighted by atomic mass is 14.6. The SMILES string of the molecule is [C-]#[N+]c1cc(C)c(-c2cccc3ccccc23)cc1C. The molecule has 3 aromatic rings. The molecule has 3 aromatic carbocycles. The fourth-order valence-electron chi connectivity index (χ4n) is 2.67. The number of fused-ring (bicyclic) bond motifs is 1. The third kappa shape index (κ3) is 1.96. The minimum absolute atomic E-state index is 0.742. The van der Waals surface area contributed by atoms with Crippen LogP contribution < -0.4 is 0 Å². The highest BCUT2D eigenvalue weighted by molar-refractivity contribution is 5.97. The quantitative estimate of drug-likeness (QED) is 0.494. The highest BCUT2D eigenvalue weighted by Crippen LogP contribution is 2.34. The number of hydrogen-bond acceptors (Lipinski definition) is 0. The Balaban J connectivity index is 2.32. The van der Waals surface area contributed by atoms with Gasteiger partial charge >= 0.3 is 0 Å². The van der Waals surface area contributed by atoms with Gasteiger partial charge in [-0.3, -0.25) is 0 Å². The Hall–Kier alpha value is -2.59. The van der Waals surface area contributed by atoms with Crippen LogP contribution in [0, 0.1) is 20.4 Å². The van der Waals surface area contributed by atoms with Crippen LogP contribution in [0.5, 0.6) is 0 Å². The molecule has 3 rings (SSSR count). The first-order valence-electron chi connectivity index (χ1n) is 6.67. The normalized spacial score (nSPS) is 10.4. The summed E-state index contributed by atoms with van der Waals surface area (Å²) in [5.74, 6) is 0.